The Hall–Kier alpha value is -6.53. The van der Waals surface area contributed by atoms with Crippen LogP contribution in [0.15, 0.2) is 73.2 Å². The molecule has 5 N–H and O–H groups in total. The Morgan fingerprint density at radius 2 is 0.951 bits per heavy atom. The molecule has 0 saturated carbocycles. The fraction of sp³-hybridized carbons (Fsp3) is 0.375. The third-order valence-electron chi connectivity index (χ3n) is 12.7. The van der Waals surface area contributed by atoms with Gasteiger partial charge in [-0.05, 0) is 18.2 Å². The van der Waals surface area contributed by atoms with Gasteiger partial charge >= 0.3 is 0 Å². The van der Waals surface area contributed by atoms with E-state index in [2.05, 4.69) is 56.1 Å². The summed E-state index contributed by atoms with van der Waals surface area (Å²) in [6.45, 7) is 4.89. The number of terminal acetylenes is 2. The number of nitrogens with zero attached hydrogens (tertiary/aromatic N) is 6. The molecule has 11 atom stereocenters. The van der Waals surface area contributed by atoms with Gasteiger partial charge in [-0.1, -0.05) is 37.4 Å². The molecule has 82 heavy (non-hydrogen) atoms. The predicted octanol–water partition coefficient (Wildman–Crippen LogP) is 2.59. The summed E-state index contributed by atoms with van der Waals surface area (Å²) in [4.78, 5) is 75.1. The van der Waals surface area contributed by atoms with Gasteiger partial charge in [0.15, 0.2) is 0 Å². The van der Waals surface area contributed by atoms with Crippen molar-refractivity contribution in [2.75, 3.05) is 19.8 Å². The van der Waals surface area contributed by atoms with Crippen molar-refractivity contribution in [1.29, 1.82) is 0 Å². The lowest BCUT2D eigenvalue weighted by molar-refractivity contribution is -0.384. The number of non-ortho nitro benzene ring substituents is 3. The van der Waals surface area contributed by atoms with Crippen LogP contribution in [0.3, 0.4) is 0 Å². The SMILES string of the molecule is C#Cc1cn([C@H]2CC(O)[C@@H](CO)O2)c2ccc([N+](=O)[O-])cc12.C#Cc1cn([C@H]2CC(O)[C@@H](COP(=O)([O-])OP(=O)([O-])OP(=O)([O-])[O-])O2)c2ccc([N+](=O)[O-])cc12.C[Si](C)(C)C#Cc1cn([C@H]2CC(O)[C@@H](CO)O2)c2ccc([N+](=O)[O-])cc12. The number of fused-ring (bicyclic) bond motifs is 3. The molecule has 0 radical (unpaired) electrons. The van der Waals surface area contributed by atoms with Gasteiger partial charge in [0.1, 0.15) is 45.1 Å². The molecule has 34 heteroatoms. The quantitative estimate of drug-likeness (QED) is 0.0324. The average molecular weight is 1210 g/mol. The minimum Gasteiger partial charge on any atom is -0.790 e. The molecule has 3 fully saturated rings. The number of rotatable bonds is 15. The molecule has 3 aromatic carbocycles. The molecular formula is C48H49N6O24P3Si-4. The standard InChI is InChI=1S/C18H22N2O5Si.C15H17N2O14P3.C15H14N2O5/c1-26(2,3)7-6-12-10-19(18-9-16(22)17(11-21)25-18)15-5-4-13(20(23)24)8-14(12)15;1-2-9-7-16(12-4-3-10(17(19)20)5-11(9)12)15-6-13(18)14(29-15)8-28-33(24,25)31-34(26,27)30-32(21,22)23;1-2-9-7-16(15-6-13(19)14(8-18)22-15)12-4-3-10(17(20)21)5-11(9)12/h4-5,8,10,16-18,21-22H,9,11H2,1-3H3;1,3-5,7,13-15,18H,6,8H2,(H,24,25)(H,26,27)(H2,21,22,23);1,3-5,7,13-15,18-19H,6,8H2/p-4/t16?,17-,18-;2*13?,14-,15-/m111/s1. The Labute approximate surface area is 464 Å². The van der Waals surface area contributed by atoms with Crippen molar-refractivity contribution in [2.45, 2.75) is 94.2 Å². The summed E-state index contributed by atoms with van der Waals surface area (Å²) in [7, 11) is -19.6. The molecule has 0 bridgehead atoms. The van der Waals surface area contributed by atoms with Gasteiger partial charge in [0, 0.05) is 96.0 Å². The Morgan fingerprint density at radius 1 is 0.598 bits per heavy atom. The van der Waals surface area contributed by atoms with E-state index in [4.69, 9.17) is 32.2 Å². The van der Waals surface area contributed by atoms with Crippen LogP contribution in [-0.2, 0) is 41.1 Å². The van der Waals surface area contributed by atoms with Crippen LogP contribution in [0.5, 0.6) is 0 Å². The van der Waals surface area contributed by atoms with Crippen LogP contribution in [0.25, 0.3) is 32.7 Å². The maximum absolute atomic E-state index is 11.7. The minimum atomic E-state index is -6.13. The number of phosphoric acid groups is 3. The van der Waals surface area contributed by atoms with Crippen molar-refractivity contribution >= 4 is 81.3 Å². The number of nitro groups is 3. The molecule has 9 rings (SSSR count). The van der Waals surface area contributed by atoms with Crippen LogP contribution >= 0.6 is 23.5 Å². The second kappa shape index (κ2) is 25.1. The predicted molar refractivity (Wildman–Crippen MR) is 281 cm³/mol. The van der Waals surface area contributed by atoms with Crippen molar-refractivity contribution in [3.63, 3.8) is 0 Å². The lowest BCUT2D eigenvalue weighted by Crippen LogP contribution is -2.27. The second-order valence-corrected chi connectivity index (χ2v) is 28.5. The molecule has 30 nitrogen and oxygen atoms in total. The molecule has 0 spiro atoms. The van der Waals surface area contributed by atoms with Crippen molar-refractivity contribution in [2.24, 2.45) is 0 Å². The number of benzene rings is 3. The third kappa shape index (κ3) is 15.0. The van der Waals surface area contributed by atoms with Crippen LogP contribution in [0.1, 0.15) is 54.6 Å². The molecule has 6 heterocycles. The van der Waals surface area contributed by atoms with Crippen LogP contribution in [0, 0.1) is 66.5 Å². The Balaban J connectivity index is 0.000000181. The van der Waals surface area contributed by atoms with E-state index in [0.29, 0.717) is 51.2 Å². The van der Waals surface area contributed by atoms with E-state index in [9.17, 15) is 84.0 Å². The van der Waals surface area contributed by atoms with E-state index in [-0.39, 0.29) is 42.3 Å². The van der Waals surface area contributed by atoms with Crippen molar-refractivity contribution < 1.29 is 101 Å². The van der Waals surface area contributed by atoms with Crippen molar-refractivity contribution in [3.8, 4) is 36.2 Å². The molecule has 3 aromatic heterocycles. The van der Waals surface area contributed by atoms with Gasteiger partial charge in [-0.3, -0.25) is 43.8 Å². The first kappa shape index (κ1) is 63.1. The zero-order valence-corrected chi connectivity index (χ0v) is 46.7. The Kier molecular flexibility index (Phi) is 19.3. The van der Waals surface area contributed by atoms with Crippen LogP contribution in [-0.4, -0.2) is 119 Å². The zero-order chi connectivity index (χ0) is 60.4. The van der Waals surface area contributed by atoms with Gasteiger partial charge in [0.05, 0.1) is 88.4 Å². The summed E-state index contributed by atoms with van der Waals surface area (Å²) in [6, 6.07) is 13.0. The molecule has 3 aliphatic rings. The first-order valence-electron chi connectivity index (χ1n) is 24.1. The molecule has 438 valence electrons. The van der Waals surface area contributed by atoms with Gasteiger partial charge in [-0.15, -0.1) is 18.4 Å². The largest absolute Gasteiger partial charge is 0.790 e. The molecule has 0 amide bonds. The second-order valence-electron chi connectivity index (χ2n) is 19.5. The minimum absolute atomic E-state index is 0.00640. The van der Waals surface area contributed by atoms with E-state index in [1.165, 1.54) is 53.2 Å². The molecule has 5 unspecified atom stereocenters. The monoisotopic (exact) mass is 1210 g/mol. The van der Waals surface area contributed by atoms with E-state index >= 15 is 0 Å². The summed E-state index contributed by atoms with van der Waals surface area (Å²) < 4.78 is 66.0. The summed E-state index contributed by atoms with van der Waals surface area (Å²) >= 11 is 0. The number of hydrogen-bond acceptors (Lipinski definition) is 24. The summed E-state index contributed by atoms with van der Waals surface area (Å²) in [5.41, 5.74) is 6.41. The first-order valence-corrected chi connectivity index (χ1v) is 32.0. The Morgan fingerprint density at radius 3 is 1.28 bits per heavy atom. The van der Waals surface area contributed by atoms with E-state index < -0.39 is 108 Å². The maximum Gasteiger partial charge on any atom is 0.278 e. The van der Waals surface area contributed by atoms with Gasteiger partial charge < -0.3 is 82.1 Å². The lowest BCUT2D eigenvalue weighted by atomic mass is 10.1. The van der Waals surface area contributed by atoms with E-state index in [1.807, 2.05) is 10.8 Å². The molecule has 0 aliphatic carbocycles. The number of aromatic nitrogens is 3. The topological polar surface area (TPSA) is 444 Å². The number of hydrogen-bond donors (Lipinski definition) is 5. The first-order chi connectivity index (χ1) is 38.3. The van der Waals surface area contributed by atoms with Gasteiger partial charge in [-0.2, -0.15) is 0 Å². The van der Waals surface area contributed by atoms with Crippen LogP contribution in [0.4, 0.5) is 17.1 Å². The number of aliphatic hydroxyl groups is 5. The number of aliphatic hydroxyl groups excluding tert-OH is 5. The fourth-order valence-electron chi connectivity index (χ4n) is 8.95. The highest BCUT2D eigenvalue weighted by Gasteiger charge is 2.39. The highest BCUT2D eigenvalue weighted by Crippen LogP contribution is 2.60. The maximum atomic E-state index is 11.7. The highest BCUT2D eigenvalue weighted by atomic mass is 31.3. The number of nitro benzene ring substituents is 3. The molecule has 3 aliphatic heterocycles. The fourth-order valence-corrected chi connectivity index (χ4v) is 12.3. The van der Waals surface area contributed by atoms with Crippen LogP contribution < -0.4 is 19.6 Å². The van der Waals surface area contributed by atoms with E-state index in [0.717, 1.165) is 5.52 Å². The summed E-state index contributed by atoms with van der Waals surface area (Å²) in [5.74, 6) is 8.05. The van der Waals surface area contributed by atoms with Gasteiger partial charge in [-0.25, -0.2) is 4.31 Å². The van der Waals surface area contributed by atoms with Crippen molar-refractivity contribution in [3.05, 3.63) is 120 Å². The normalized spacial score (nSPS) is 24.0. The molecule has 3 saturated heterocycles. The van der Waals surface area contributed by atoms with Crippen molar-refractivity contribution in [1.82, 2.24) is 13.7 Å². The lowest BCUT2D eigenvalue weighted by Gasteiger charge is -2.37. The summed E-state index contributed by atoms with van der Waals surface area (Å²) in [6.07, 6.45) is 9.09. The number of phosphoric ester groups is 1. The summed E-state index contributed by atoms with van der Waals surface area (Å²) in [5, 5.41) is 83.2. The highest BCUT2D eigenvalue weighted by molar-refractivity contribution is 7.64. The number of ether oxygens (including phenoxy) is 3. The average Bonchev–Trinajstić information content (AvgIpc) is 4.43. The third-order valence-corrected chi connectivity index (χ3v) is 17.2. The van der Waals surface area contributed by atoms with Crippen LogP contribution in [0.2, 0.25) is 19.6 Å². The smallest absolute Gasteiger partial charge is 0.278 e. The van der Waals surface area contributed by atoms with E-state index in [1.54, 1.807) is 22.9 Å². The van der Waals surface area contributed by atoms with Gasteiger partial charge in [0.2, 0.25) is 0 Å². The molecule has 6 aromatic rings. The van der Waals surface area contributed by atoms with Gasteiger partial charge in [0.25, 0.3) is 32.7 Å². The Bertz CT molecular complexity index is 3740. The zero-order valence-electron chi connectivity index (χ0n) is 43.0. The molecular weight excluding hydrogens is 1170 g/mol.